The summed E-state index contributed by atoms with van der Waals surface area (Å²) in [5.74, 6) is 1.11. The molecule has 0 unspecified atom stereocenters. The molecule has 0 saturated carbocycles. The molecule has 0 aliphatic carbocycles. The minimum absolute atomic E-state index is 0.506. The smallest absolute Gasteiger partial charge is 0.226 e. The van der Waals surface area contributed by atoms with Crippen molar-refractivity contribution in [3.8, 4) is 6.07 Å². The zero-order valence-corrected chi connectivity index (χ0v) is 11.4. The van der Waals surface area contributed by atoms with Gasteiger partial charge in [0, 0.05) is 6.54 Å². The lowest BCUT2D eigenvalue weighted by Crippen LogP contribution is -2.05. The molecule has 7 nitrogen and oxygen atoms in total. The van der Waals surface area contributed by atoms with Crippen LogP contribution in [0.5, 0.6) is 0 Å². The highest BCUT2D eigenvalue weighted by atomic mass is 15.2. The van der Waals surface area contributed by atoms with Gasteiger partial charge < -0.3 is 10.6 Å². The van der Waals surface area contributed by atoms with Crippen LogP contribution in [0.25, 0.3) is 11.0 Å². The normalized spacial score (nSPS) is 10.3. The second-order valence-electron chi connectivity index (χ2n) is 4.34. The molecule has 104 valence electrons. The topological polar surface area (TPSA) is 102 Å². The predicted molar refractivity (Wildman–Crippen MR) is 80.3 cm³/mol. The van der Waals surface area contributed by atoms with E-state index < -0.39 is 0 Å². The Morgan fingerprint density at radius 1 is 1.29 bits per heavy atom. The lowest BCUT2D eigenvalue weighted by Gasteiger charge is -2.10. The quantitative estimate of drug-likeness (QED) is 0.677. The Kier molecular flexibility index (Phi) is 3.35. The molecule has 3 aromatic rings. The maximum atomic E-state index is 9.15. The van der Waals surface area contributed by atoms with Crippen molar-refractivity contribution in [2.24, 2.45) is 0 Å². The van der Waals surface area contributed by atoms with Gasteiger partial charge in [-0.15, -0.1) is 0 Å². The van der Waals surface area contributed by atoms with E-state index in [4.69, 9.17) is 5.26 Å². The van der Waals surface area contributed by atoms with Crippen molar-refractivity contribution in [2.45, 2.75) is 6.92 Å². The van der Waals surface area contributed by atoms with Crippen LogP contribution in [0, 0.1) is 11.3 Å². The lowest BCUT2D eigenvalue weighted by atomic mass is 10.2. The highest BCUT2D eigenvalue weighted by molar-refractivity contribution is 5.89. The van der Waals surface area contributed by atoms with Gasteiger partial charge in [-0.25, -0.2) is 0 Å². The predicted octanol–water partition coefficient (Wildman–Crippen LogP) is 2.40. The summed E-state index contributed by atoms with van der Waals surface area (Å²) in [5, 5.41) is 23.0. The molecule has 0 amide bonds. The van der Waals surface area contributed by atoms with E-state index >= 15 is 0 Å². The molecule has 21 heavy (non-hydrogen) atoms. The first-order valence-electron chi connectivity index (χ1n) is 6.53. The van der Waals surface area contributed by atoms with Crippen LogP contribution in [0.15, 0.2) is 30.5 Å². The standard InChI is InChI=1S/C14H13N7/c1-2-16-14-19-12(10-8-17-21-13(10)20-14)18-11-6-4-3-5-9(11)7-15/h3-6,8H,2H2,1H3,(H3,16,17,18,19,20,21). The minimum Gasteiger partial charge on any atom is -0.354 e. The highest BCUT2D eigenvalue weighted by Gasteiger charge is 2.11. The summed E-state index contributed by atoms with van der Waals surface area (Å²) >= 11 is 0. The number of fused-ring (bicyclic) bond motifs is 1. The fourth-order valence-electron chi connectivity index (χ4n) is 1.98. The molecule has 0 spiro atoms. The number of para-hydroxylation sites is 1. The fourth-order valence-corrected chi connectivity index (χ4v) is 1.98. The summed E-state index contributed by atoms with van der Waals surface area (Å²) in [6, 6.07) is 9.42. The third-order valence-electron chi connectivity index (χ3n) is 2.95. The first kappa shape index (κ1) is 12.9. The first-order chi connectivity index (χ1) is 10.3. The van der Waals surface area contributed by atoms with Gasteiger partial charge in [-0.2, -0.15) is 20.3 Å². The molecular formula is C14H13N7. The molecule has 0 saturated heterocycles. The molecule has 7 heteroatoms. The number of nitrogens with zero attached hydrogens (tertiary/aromatic N) is 4. The van der Waals surface area contributed by atoms with Crippen molar-refractivity contribution in [3.05, 3.63) is 36.0 Å². The average molecular weight is 279 g/mol. The van der Waals surface area contributed by atoms with E-state index in [1.165, 1.54) is 0 Å². The van der Waals surface area contributed by atoms with Gasteiger partial charge in [-0.1, -0.05) is 12.1 Å². The number of hydrogen-bond acceptors (Lipinski definition) is 6. The summed E-state index contributed by atoms with van der Waals surface area (Å²) in [4.78, 5) is 8.76. The number of nitriles is 1. The second kappa shape index (κ2) is 5.46. The summed E-state index contributed by atoms with van der Waals surface area (Å²) in [5.41, 5.74) is 1.89. The number of rotatable bonds is 4. The molecule has 0 atom stereocenters. The van der Waals surface area contributed by atoms with Crippen LogP contribution in [0.3, 0.4) is 0 Å². The molecule has 2 heterocycles. The van der Waals surface area contributed by atoms with Crippen molar-refractivity contribution in [1.29, 1.82) is 5.26 Å². The first-order valence-corrected chi connectivity index (χ1v) is 6.53. The molecule has 0 aliphatic rings. The third-order valence-corrected chi connectivity index (χ3v) is 2.95. The Hall–Kier alpha value is -3.14. The van der Waals surface area contributed by atoms with Crippen molar-refractivity contribution in [3.63, 3.8) is 0 Å². The van der Waals surface area contributed by atoms with Crippen LogP contribution < -0.4 is 10.6 Å². The van der Waals surface area contributed by atoms with Gasteiger partial charge in [-0.05, 0) is 19.1 Å². The van der Waals surface area contributed by atoms with Gasteiger partial charge in [0.15, 0.2) is 5.65 Å². The Morgan fingerprint density at radius 2 is 2.14 bits per heavy atom. The number of hydrogen-bond donors (Lipinski definition) is 3. The number of nitrogens with one attached hydrogen (secondary N) is 3. The molecular weight excluding hydrogens is 266 g/mol. The van der Waals surface area contributed by atoms with Crippen LogP contribution in [0.1, 0.15) is 12.5 Å². The number of aromatic nitrogens is 4. The Labute approximate surface area is 121 Å². The van der Waals surface area contributed by atoms with E-state index in [2.05, 4.69) is 36.9 Å². The van der Waals surface area contributed by atoms with Crippen LogP contribution in [0.2, 0.25) is 0 Å². The summed E-state index contributed by atoms with van der Waals surface area (Å²) in [6.45, 7) is 2.69. The third kappa shape index (κ3) is 2.47. The zero-order valence-electron chi connectivity index (χ0n) is 11.4. The summed E-state index contributed by atoms with van der Waals surface area (Å²) < 4.78 is 0. The molecule has 0 bridgehead atoms. The Bertz CT molecular complexity index is 816. The molecule has 0 radical (unpaired) electrons. The average Bonchev–Trinajstić information content (AvgIpc) is 2.97. The van der Waals surface area contributed by atoms with E-state index in [0.717, 1.165) is 5.39 Å². The van der Waals surface area contributed by atoms with E-state index in [1.807, 2.05) is 25.1 Å². The van der Waals surface area contributed by atoms with Crippen molar-refractivity contribution >= 4 is 28.5 Å². The van der Waals surface area contributed by atoms with E-state index in [9.17, 15) is 0 Å². The molecule has 3 N–H and O–H groups in total. The molecule has 3 rings (SSSR count). The van der Waals surface area contributed by atoms with E-state index in [-0.39, 0.29) is 0 Å². The number of anilines is 3. The van der Waals surface area contributed by atoms with Gasteiger partial charge in [0.2, 0.25) is 5.95 Å². The van der Waals surface area contributed by atoms with Gasteiger partial charge in [0.25, 0.3) is 0 Å². The van der Waals surface area contributed by atoms with Crippen molar-refractivity contribution in [2.75, 3.05) is 17.2 Å². The monoisotopic (exact) mass is 279 g/mol. The van der Waals surface area contributed by atoms with Crippen molar-refractivity contribution in [1.82, 2.24) is 20.2 Å². The largest absolute Gasteiger partial charge is 0.354 e. The molecule has 0 aliphatic heterocycles. The van der Waals surface area contributed by atoms with Gasteiger partial charge >= 0.3 is 0 Å². The van der Waals surface area contributed by atoms with Crippen LogP contribution in [-0.4, -0.2) is 26.7 Å². The lowest BCUT2D eigenvalue weighted by molar-refractivity contribution is 1.07. The van der Waals surface area contributed by atoms with Crippen molar-refractivity contribution < 1.29 is 0 Å². The van der Waals surface area contributed by atoms with Crippen LogP contribution >= 0.6 is 0 Å². The Morgan fingerprint density at radius 3 is 2.95 bits per heavy atom. The second-order valence-corrected chi connectivity index (χ2v) is 4.34. The van der Waals surface area contributed by atoms with E-state index in [0.29, 0.717) is 35.2 Å². The van der Waals surface area contributed by atoms with E-state index in [1.54, 1.807) is 12.3 Å². The van der Waals surface area contributed by atoms with Crippen LogP contribution in [-0.2, 0) is 0 Å². The fraction of sp³-hybridized carbons (Fsp3) is 0.143. The summed E-state index contributed by atoms with van der Waals surface area (Å²) in [6.07, 6.45) is 1.66. The number of aromatic amines is 1. The molecule has 0 fully saturated rings. The van der Waals surface area contributed by atoms with Crippen LogP contribution in [0.4, 0.5) is 17.5 Å². The highest BCUT2D eigenvalue weighted by Crippen LogP contribution is 2.25. The Balaban J connectivity index is 2.07. The SMILES string of the molecule is CCNc1nc(Nc2ccccc2C#N)c2cn[nH]c2n1. The van der Waals surface area contributed by atoms with Gasteiger partial charge in [0.05, 0.1) is 22.8 Å². The summed E-state index contributed by atoms with van der Waals surface area (Å²) in [7, 11) is 0. The maximum absolute atomic E-state index is 9.15. The number of benzene rings is 1. The van der Waals surface area contributed by atoms with Gasteiger partial charge in [0.1, 0.15) is 11.9 Å². The number of H-pyrrole nitrogens is 1. The molecule has 1 aromatic carbocycles. The zero-order chi connectivity index (χ0) is 14.7. The van der Waals surface area contributed by atoms with Gasteiger partial charge in [-0.3, -0.25) is 5.10 Å². The maximum Gasteiger partial charge on any atom is 0.226 e. The molecule has 2 aromatic heterocycles. The minimum atomic E-state index is 0.506.